The Morgan fingerprint density at radius 2 is 1.57 bits per heavy atom. The van der Waals surface area contributed by atoms with E-state index in [2.05, 4.69) is 34.3 Å². The summed E-state index contributed by atoms with van der Waals surface area (Å²) in [6.45, 7) is 3.65. The number of rotatable bonds is 3. The second kappa shape index (κ2) is 7.54. The van der Waals surface area contributed by atoms with Crippen LogP contribution in [0.3, 0.4) is 0 Å². The van der Waals surface area contributed by atoms with Gasteiger partial charge < -0.3 is 9.80 Å². The first-order chi connectivity index (χ1) is 13.6. The van der Waals surface area contributed by atoms with Gasteiger partial charge in [0.15, 0.2) is 10.3 Å². The first-order valence-corrected chi connectivity index (χ1v) is 12.4. The third-order valence-electron chi connectivity index (χ3n) is 4.84. The molecule has 0 saturated carbocycles. The van der Waals surface area contributed by atoms with E-state index in [-0.39, 0.29) is 0 Å². The van der Waals surface area contributed by atoms with Gasteiger partial charge in [0.2, 0.25) is 0 Å². The number of halogens is 2. The van der Waals surface area contributed by atoms with Gasteiger partial charge in [-0.25, -0.2) is 9.97 Å². The van der Waals surface area contributed by atoms with Gasteiger partial charge in [0, 0.05) is 31.1 Å². The number of hydrogen-bond acceptors (Lipinski definition) is 7. The molecule has 1 aliphatic rings. The number of nitrogens with zero attached hydrogens (tertiary/aromatic N) is 4. The fraction of sp³-hybridized carbons (Fsp3) is 0.263. The average molecular weight is 467 g/mol. The second-order valence-electron chi connectivity index (χ2n) is 6.51. The number of piperazine rings is 1. The highest BCUT2D eigenvalue weighted by Gasteiger charge is 2.23. The molecule has 0 spiro atoms. The van der Waals surface area contributed by atoms with Crippen LogP contribution in [0.4, 0.5) is 10.3 Å². The summed E-state index contributed by atoms with van der Waals surface area (Å²) in [5.41, 5.74) is 1.88. The quantitative estimate of drug-likeness (QED) is 0.332. The Kier molecular flexibility index (Phi) is 5.05. The number of benzene rings is 2. The minimum Gasteiger partial charge on any atom is -0.345 e. The highest BCUT2D eigenvalue weighted by Crippen LogP contribution is 2.38. The molecule has 0 unspecified atom stereocenters. The van der Waals surface area contributed by atoms with Gasteiger partial charge in [-0.2, -0.15) is 0 Å². The van der Waals surface area contributed by atoms with Gasteiger partial charge in [-0.05, 0) is 36.6 Å². The summed E-state index contributed by atoms with van der Waals surface area (Å²) in [6.07, 6.45) is 2.10. The zero-order valence-electron chi connectivity index (χ0n) is 15.0. The topological polar surface area (TPSA) is 32.3 Å². The van der Waals surface area contributed by atoms with Crippen molar-refractivity contribution in [3.8, 4) is 0 Å². The van der Waals surface area contributed by atoms with Crippen molar-refractivity contribution in [3.05, 3.63) is 40.4 Å². The Morgan fingerprint density at radius 1 is 0.893 bits per heavy atom. The number of thioether (sulfide) groups is 1. The average Bonchev–Trinajstić information content (AvgIpc) is 3.35. The van der Waals surface area contributed by atoms with E-state index in [0.717, 1.165) is 52.2 Å². The van der Waals surface area contributed by atoms with E-state index >= 15 is 0 Å². The Balaban J connectivity index is 1.35. The van der Waals surface area contributed by atoms with Crippen molar-refractivity contribution < 1.29 is 0 Å². The monoisotopic (exact) mass is 466 g/mol. The maximum absolute atomic E-state index is 6.32. The molecule has 2 aromatic heterocycles. The van der Waals surface area contributed by atoms with E-state index in [0.29, 0.717) is 10.0 Å². The smallest absolute Gasteiger partial charge is 0.186 e. The number of aromatic nitrogens is 2. The van der Waals surface area contributed by atoms with E-state index in [1.54, 1.807) is 34.4 Å². The van der Waals surface area contributed by atoms with Crippen LogP contribution in [-0.4, -0.2) is 42.4 Å². The maximum atomic E-state index is 6.32. The molecule has 0 atom stereocenters. The molecule has 5 rings (SSSR count). The number of anilines is 2. The van der Waals surface area contributed by atoms with Crippen LogP contribution in [0.25, 0.3) is 20.4 Å². The van der Waals surface area contributed by atoms with Crippen molar-refractivity contribution in [1.82, 2.24) is 9.97 Å². The van der Waals surface area contributed by atoms with Crippen LogP contribution in [0.15, 0.2) is 35.2 Å². The predicted octanol–water partition coefficient (Wildman–Crippen LogP) is 6.26. The van der Waals surface area contributed by atoms with Crippen LogP contribution in [-0.2, 0) is 0 Å². The van der Waals surface area contributed by atoms with Crippen molar-refractivity contribution in [3.63, 3.8) is 0 Å². The summed E-state index contributed by atoms with van der Waals surface area (Å²) in [4.78, 5) is 15.5. The Bertz CT molecular complexity index is 1130. The number of thiazole rings is 2. The van der Waals surface area contributed by atoms with Crippen LogP contribution >= 0.6 is 57.6 Å². The first kappa shape index (κ1) is 18.8. The van der Waals surface area contributed by atoms with E-state index < -0.39 is 0 Å². The fourth-order valence-electron chi connectivity index (χ4n) is 3.31. The second-order valence-corrected chi connectivity index (χ2v) is 10.2. The molecule has 1 fully saturated rings. The third-order valence-corrected chi connectivity index (χ3v) is 8.53. The van der Waals surface area contributed by atoms with Gasteiger partial charge in [-0.3, -0.25) is 0 Å². The molecule has 4 aromatic rings. The van der Waals surface area contributed by atoms with Gasteiger partial charge in [0.25, 0.3) is 0 Å². The standard InChI is InChI=1S/C19H16Cl2N4S3/c1-26-11-2-5-14-15(10-11)27-18(22-14)24-6-8-25(9-7-24)19-23-16-12(20)3-4-13(21)17(16)28-19/h2-5,10H,6-9H2,1H3. The maximum Gasteiger partial charge on any atom is 0.186 e. The molecule has 0 amide bonds. The Labute approximate surface area is 185 Å². The molecule has 1 aliphatic heterocycles. The first-order valence-electron chi connectivity index (χ1n) is 8.81. The van der Waals surface area contributed by atoms with Crippen LogP contribution in [0.5, 0.6) is 0 Å². The van der Waals surface area contributed by atoms with Crippen LogP contribution in [0.1, 0.15) is 0 Å². The van der Waals surface area contributed by atoms with Gasteiger partial charge in [0.05, 0.1) is 25.0 Å². The van der Waals surface area contributed by atoms with Crippen LogP contribution < -0.4 is 9.80 Å². The molecule has 0 radical (unpaired) electrons. The molecule has 2 aromatic carbocycles. The van der Waals surface area contributed by atoms with Crippen molar-refractivity contribution in [1.29, 1.82) is 0 Å². The Hall–Kier alpha value is -1.25. The summed E-state index contributed by atoms with van der Waals surface area (Å²) < 4.78 is 2.21. The minimum atomic E-state index is 0.652. The lowest BCUT2D eigenvalue weighted by atomic mass is 10.3. The van der Waals surface area contributed by atoms with Crippen molar-refractivity contribution >= 4 is 88.3 Å². The number of hydrogen-bond donors (Lipinski definition) is 0. The van der Waals surface area contributed by atoms with Crippen molar-refractivity contribution in [2.75, 3.05) is 42.2 Å². The molecule has 0 aliphatic carbocycles. The SMILES string of the molecule is CSc1ccc2nc(N3CCN(c4nc5c(Cl)ccc(Cl)c5s4)CC3)sc2c1. The van der Waals surface area contributed by atoms with Crippen molar-refractivity contribution in [2.45, 2.75) is 4.90 Å². The molecular formula is C19H16Cl2N4S3. The van der Waals surface area contributed by atoms with Crippen molar-refractivity contribution in [2.24, 2.45) is 0 Å². The zero-order valence-corrected chi connectivity index (χ0v) is 18.9. The molecule has 28 heavy (non-hydrogen) atoms. The molecule has 144 valence electrons. The van der Waals surface area contributed by atoms with Crippen LogP contribution in [0.2, 0.25) is 10.0 Å². The normalized spacial score (nSPS) is 15.1. The van der Waals surface area contributed by atoms with E-state index in [1.165, 1.54) is 9.60 Å². The largest absolute Gasteiger partial charge is 0.345 e. The fourth-order valence-corrected chi connectivity index (χ4v) is 6.46. The van der Waals surface area contributed by atoms with Crippen LogP contribution in [0, 0.1) is 0 Å². The van der Waals surface area contributed by atoms with Gasteiger partial charge >= 0.3 is 0 Å². The molecule has 4 nitrogen and oxygen atoms in total. The van der Waals surface area contributed by atoms with E-state index in [1.807, 2.05) is 12.1 Å². The highest BCUT2D eigenvalue weighted by atomic mass is 35.5. The number of fused-ring (bicyclic) bond motifs is 2. The molecule has 3 heterocycles. The summed E-state index contributed by atoms with van der Waals surface area (Å²) in [6, 6.07) is 10.1. The lowest BCUT2D eigenvalue weighted by molar-refractivity contribution is 0.651. The zero-order chi connectivity index (χ0) is 19.3. The summed E-state index contributed by atoms with van der Waals surface area (Å²) in [7, 11) is 0. The summed E-state index contributed by atoms with van der Waals surface area (Å²) in [5, 5.41) is 3.45. The molecule has 0 bridgehead atoms. The Morgan fingerprint density at radius 3 is 2.25 bits per heavy atom. The van der Waals surface area contributed by atoms with E-state index in [4.69, 9.17) is 33.2 Å². The van der Waals surface area contributed by atoms with Gasteiger partial charge in [0.1, 0.15) is 5.52 Å². The molecule has 9 heteroatoms. The van der Waals surface area contributed by atoms with Gasteiger partial charge in [-0.1, -0.05) is 45.9 Å². The lowest BCUT2D eigenvalue weighted by Gasteiger charge is -2.34. The minimum absolute atomic E-state index is 0.652. The third kappa shape index (κ3) is 3.33. The molecular weight excluding hydrogens is 451 g/mol. The molecule has 0 N–H and O–H groups in total. The highest BCUT2D eigenvalue weighted by molar-refractivity contribution is 7.98. The summed E-state index contributed by atoms with van der Waals surface area (Å²) >= 11 is 17.8. The summed E-state index contributed by atoms with van der Waals surface area (Å²) in [5.74, 6) is 0. The van der Waals surface area contributed by atoms with Gasteiger partial charge in [-0.15, -0.1) is 11.8 Å². The lowest BCUT2D eigenvalue weighted by Crippen LogP contribution is -2.46. The molecule has 1 saturated heterocycles. The van der Waals surface area contributed by atoms with E-state index in [9.17, 15) is 0 Å². The predicted molar refractivity (Wildman–Crippen MR) is 125 cm³/mol.